The number of benzene rings is 1. The van der Waals surface area contributed by atoms with Crippen molar-refractivity contribution in [3.63, 3.8) is 0 Å². The molecule has 0 aliphatic carbocycles. The zero-order valence-electron chi connectivity index (χ0n) is 6.47. The molecule has 5 nitrogen and oxygen atoms in total. The van der Waals surface area contributed by atoms with Crippen LogP contribution in [0, 0.1) is 28.1 Å². The molecule has 0 aliphatic rings. The van der Waals surface area contributed by atoms with Gasteiger partial charge >= 0.3 is 0 Å². The summed E-state index contributed by atoms with van der Waals surface area (Å²) in [5.74, 6) is 0. The summed E-state index contributed by atoms with van der Waals surface area (Å²) in [5.41, 5.74) is -0.399. The molecule has 0 amide bonds. The number of nitrogens with zero attached hydrogens (tertiary/aromatic N) is 2. The molecular formula is C8H5N2O3. The fourth-order valence-corrected chi connectivity index (χ4v) is 0.960. The highest BCUT2D eigenvalue weighted by Gasteiger charge is 2.18. The van der Waals surface area contributed by atoms with Gasteiger partial charge in [0.15, 0.2) is 0 Å². The van der Waals surface area contributed by atoms with E-state index in [1.54, 1.807) is 6.07 Å². The van der Waals surface area contributed by atoms with Gasteiger partial charge in [-0.05, 0) is 12.1 Å². The van der Waals surface area contributed by atoms with Gasteiger partial charge in [-0.3, -0.25) is 10.1 Å². The normalized spacial score (nSPS) is 9.23. The van der Waals surface area contributed by atoms with E-state index in [4.69, 9.17) is 10.4 Å². The third-order valence-electron chi connectivity index (χ3n) is 1.51. The van der Waals surface area contributed by atoms with Crippen LogP contribution in [0.3, 0.4) is 0 Å². The van der Waals surface area contributed by atoms with Crippen molar-refractivity contribution in [1.82, 2.24) is 0 Å². The van der Waals surface area contributed by atoms with Crippen molar-refractivity contribution in [1.29, 1.82) is 5.26 Å². The standard InChI is InChI=1S/C8H5N2O3/c9-4-6-2-1-3-7(5-11)8(6)10(12)13/h1-3,5,11H. The highest BCUT2D eigenvalue weighted by atomic mass is 16.6. The van der Waals surface area contributed by atoms with Gasteiger partial charge in [0.25, 0.3) is 5.69 Å². The number of nitro groups is 1. The average Bonchev–Trinajstić information content (AvgIpc) is 2.16. The van der Waals surface area contributed by atoms with Gasteiger partial charge in [0, 0.05) is 0 Å². The Balaban J connectivity index is 3.41. The molecule has 5 heteroatoms. The fourth-order valence-electron chi connectivity index (χ4n) is 0.960. The van der Waals surface area contributed by atoms with Crippen LogP contribution in [0.25, 0.3) is 0 Å². The summed E-state index contributed by atoms with van der Waals surface area (Å²) in [4.78, 5) is 9.79. The molecule has 0 heterocycles. The number of para-hydroxylation sites is 1. The van der Waals surface area contributed by atoms with Crippen LogP contribution in [0.4, 0.5) is 5.69 Å². The number of aliphatic hydroxyl groups excluding tert-OH is 1. The summed E-state index contributed by atoms with van der Waals surface area (Å²) in [5, 5.41) is 27.7. The van der Waals surface area contributed by atoms with Crippen molar-refractivity contribution < 1.29 is 10.0 Å². The summed E-state index contributed by atoms with van der Waals surface area (Å²) in [6, 6.07) is 5.83. The SMILES string of the molecule is N#Cc1cccc([CH]O)c1[N+](=O)[O-]. The average molecular weight is 177 g/mol. The van der Waals surface area contributed by atoms with E-state index in [1.165, 1.54) is 18.2 Å². The first-order chi connectivity index (χ1) is 6.20. The van der Waals surface area contributed by atoms with Crippen molar-refractivity contribution in [2.75, 3.05) is 0 Å². The first kappa shape index (κ1) is 9.16. The van der Waals surface area contributed by atoms with Gasteiger partial charge in [-0.2, -0.15) is 5.26 Å². The van der Waals surface area contributed by atoms with Gasteiger partial charge in [0.2, 0.25) is 0 Å². The van der Waals surface area contributed by atoms with Crippen molar-refractivity contribution in [3.05, 3.63) is 46.0 Å². The maximum atomic E-state index is 10.5. The van der Waals surface area contributed by atoms with E-state index in [9.17, 15) is 10.1 Å². The largest absolute Gasteiger partial charge is 0.385 e. The summed E-state index contributed by atoms with van der Waals surface area (Å²) < 4.78 is 0. The molecule has 0 saturated carbocycles. The Labute approximate surface area is 74.0 Å². The quantitative estimate of drug-likeness (QED) is 0.545. The molecule has 0 atom stereocenters. The molecule has 0 unspecified atom stereocenters. The van der Waals surface area contributed by atoms with Crippen LogP contribution in [0.2, 0.25) is 0 Å². The Hall–Kier alpha value is -1.93. The predicted molar refractivity (Wildman–Crippen MR) is 43.1 cm³/mol. The summed E-state index contributed by atoms with van der Waals surface area (Å²) in [6.07, 6.45) is 0. The number of hydrogen-bond donors (Lipinski definition) is 1. The zero-order chi connectivity index (χ0) is 9.84. The lowest BCUT2D eigenvalue weighted by Crippen LogP contribution is -1.97. The number of nitro benzene ring substituents is 1. The van der Waals surface area contributed by atoms with Crippen molar-refractivity contribution in [2.24, 2.45) is 0 Å². The maximum Gasteiger partial charge on any atom is 0.292 e. The van der Waals surface area contributed by atoms with Crippen LogP contribution in [-0.4, -0.2) is 10.0 Å². The molecule has 0 aliphatic heterocycles. The van der Waals surface area contributed by atoms with Crippen molar-refractivity contribution in [3.8, 4) is 6.07 Å². The minimum Gasteiger partial charge on any atom is -0.385 e. The number of nitriles is 1. The Bertz CT molecular complexity index is 381. The van der Waals surface area contributed by atoms with Crippen LogP contribution in [0.15, 0.2) is 18.2 Å². The minimum atomic E-state index is -0.694. The van der Waals surface area contributed by atoms with Crippen LogP contribution >= 0.6 is 0 Å². The molecule has 1 N–H and O–H groups in total. The predicted octanol–water partition coefficient (Wildman–Crippen LogP) is 1.35. The molecule has 0 spiro atoms. The summed E-state index contributed by atoms with van der Waals surface area (Å²) in [7, 11) is 0. The first-order valence-electron chi connectivity index (χ1n) is 3.35. The molecule has 1 aromatic rings. The van der Waals surface area contributed by atoms with E-state index in [1.807, 2.05) is 0 Å². The minimum absolute atomic E-state index is 0.0315. The summed E-state index contributed by atoms with van der Waals surface area (Å²) in [6.45, 7) is 0.610. The Morgan fingerprint density at radius 1 is 1.62 bits per heavy atom. The number of hydrogen-bond acceptors (Lipinski definition) is 4. The molecule has 0 aromatic heterocycles. The Kier molecular flexibility index (Phi) is 2.57. The molecule has 65 valence electrons. The van der Waals surface area contributed by atoms with E-state index >= 15 is 0 Å². The van der Waals surface area contributed by atoms with Gasteiger partial charge in [-0.1, -0.05) is 6.07 Å². The monoisotopic (exact) mass is 177 g/mol. The van der Waals surface area contributed by atoms with E-state index in [2.05, 4.69) is 0 Å². The molecule has 0 saturated heterocycles. The molecule has 0 bridgehead atoms. The van der Waals surface area contributed by atoms with E-state index < -0.39 is 4.92 Å². The van der Waals surface area contributed by atoms with Gasteiger partial charge in [0.1, 0.15) is 18.2 Å². The van der Waals surface area contributed by atoms with Gasteiger partial charge in [-0.15, -0.1) is 0 Å². The topological polar surface area (TPSA) is 87.2 Å². The Morgan fingerprint density at radius 3 is 2.77 bits per heavy atom. The van der Waals surface area contributed by atoms with E-state index in [0.717, 1.165) is 0 Å². The highest BCUT2D eigenvalue weighted by Crippen LogP contribution is 2.23. The second-order valence-corrected chi connectivity index (χ2v) is 2.24. The second kappa shape index (κ2) is 3.65. The van der Waals surface area contributed by atoms with Gasteiger partial charge in [-0.25, -0.2) is 0 Å². The molecule has 0 fully saturated rings. The van der Waals surface area contributed by atoms with Crippen LogP contribution in [0.5, 0.6) is 0 Å². The molecule has 1 aromatic carbocycles. The van der Waals surface area contributed by atoms with Gasteiger partial charge in [0.05, 0.1) is 10.5 Å². The molecular weight excluding hydrogens is 172 g/mol. The molecule has 13 heavy (non-hydrogen) atoms. The lowest BCUT2D eigenvalue weighted by molar-refractivity contribution is -0.385. The highest BCUT2D eigenvalue weighted by molar-refractivity contribution is 5.55. The third kappa shape index (κ3) is 1.63. The van der Waals surface area contributed by atoms with Crippen LogP contribution in [-0.2, 0) is 0 Å². The smallest absolute Gasteiger partial charge is 0.292 e. The molecule has 1 rings (SSSR count). The van der Waals surface area contributed by atoms with Crippen LogP contribution < -0.4 is 0 Å². The van der Waals surface area contributed by atoms with E-state index in [-0.39, 0.29) is 16.8 Å². The van der Waals surface area contributed by atoms with Crippen molar-refractivity contribution >= 4 is 5.69 Å². The zero-order valence-corrected chi connectivity index (χ0v) is 6.47. The fraction of sp³-hybridized carbons (Fsp3) is 0. The van der Waals surface area contributed by atoms with Crippen molar-refractivity contribution in [2.45, 2.75) is 0 Å². The van der Waals surface area contributed by atoms with Crippen LogP contribution in [0.1, 0.15) is 11.1 Å². The first-order valence-corrected chi connectivity index (χ1v) is 3.35. The summed E-state index contributed by atoms with van der Waals surface area (Å²) >= 11 is 0. The lowest BCUT2D eigenvalue weighted by atomic mass is 10.1. The Morgan fingerprint density at radius 2 is 2.31 bits per heavy atom. The number of rotatable bonds is 2. The van der Waals surface area contributed by atoms with Gasteiger partial charge < -0.3 is 5.11 Å². The second-order valence-electron chi connectivity index (χ2n) is 2.24. The maximum absolute atomic E-state index is 10.5. The lowest BCUT2D eigenvalue weighted by Gasteiger charge is -1.98. The number of aliphatic hydroxyl groups is 1. The molecule has 1 radical (unpaired) electrons. The third-order valence-corrected chi connectivity index (χ3v) is 1.51. The van der Waals surface area contributed by atoms with E-state index in [0.29, 0.717) is 6.61 Å².